The Hall–Kier alpha value is -1.07. The molecule has 2 aromatic rings. The lowest BCUT2D eigenvalue weighted by atomic mass is 10.2. The summed E-state index contributed by atoms with van der Waals surface area (Å²) in [6.45, 7) is 2.20. The van der Waals surface area contributed by atoms with Gasteiger partial charge in [0.2, 0.25) is 0 Å². The maximum atomic E-state index is 12.7. The van der Waals surface area contributed by atoms with Crippen LogP contribution < -0.4 is 5.73 Å². The molecule has 0 aliphatic rings. The molecule has 1 heterocycles. The van der Waals surface area contributed by atoms with Crippen LogP contribution in [0.4, 0.5) is 3.89 Å². The molecule has 2 N–H and O–H groups in total. The zero-order valence-electron chi connectivity index (χ0n) is 7.70. The highest BCUT2D eigenvalue weighted by Crippen LogP contribution is 2.23. The molecule has 0 aliphatic carbocycles. The highest BCUT2D eigenvalue weighted by molar-refractivity contribution is 7.92. The molecule has 0 fully saturated rings. The predicted molar refractivity (Wildman–Crippen MR) is 56.5 cm³/mol. The molecule has 74 valence electrons. The van der Waals surface area contributed by atoms with E-state index in [-0.39, 0.29) is 18.9 Å². The van der Waals surface area contributed by atoms with Crippen LogP contribution >= 0.6 is 12.3 Å². The molecule has 3 nitrogen and oxygen atoms in total. The molecule has 0 unspecified atom stereocenters. The lowest BCUT2D eigenvalue weighted by Gasteiger charge is -1.98. The number of imidazole rings is 1. The summed E-state index contributed by atoms with van der Waals surface area (Å²) in [6.07, 6.45) is 0. The van der Waals surface area contributed by atoms with E-state index < -0.39 is 0 Å². The summed E-state index contributed by atoms with van der Waals surface area (Å²) >= 11 is 0.139. The third-order valence-corrected chi connectivity index (χ3v) is 2.63. The van der Waals surface area contributed by atoms with E-state index in [1.54, 1.807) is 0 Å². The molecule has 0 saturated carbocycles. The summed E-state index contributed by atoms with van der Waals surface area (Å²) in [5.41, 5.74) is 8.10. The summed E-state index contributed by atoms with van der Waals surface area (Å²) in [5, 5.41) is 0. The minimum atomic E-state index is 0.139. The van der Waals surface area contributed by atoms with Crippen LogP contribution in [0.25, 0.3) is 11.0 Å². The number of nitrogens with zero attached hydrogens (tertiary/aromatic N) is 2. The van der Waals surface area contributed by atoms with E-state index in [2.05, 4.69) is 4.98 Å². The Kier molecular flexibility index (Phi) is 2.43. The molecule has 0 aliphatic heterocycles. The molecule has 0 radical (unpaired) electrons. The smallest absolute Gasteiger partial charge is 0.171 e. The van der Waals surface area contributed by atoms with Crippen LogP contribution in [-0.4, -0.2) is 8.96 Å². The molecule has 14 heavy (non-hydrogen) atoms. The first-order valence-electron chi connectivity index (χ1n) is 4.23. The molecule has 1 aromatic carbocycles. The Morgan fingerprint density at radius 1 is 1.57 bits per heavy atom. The predicted octanol–water partition coefficient (Wildman–Crippen LogP) is 2.18. The Balaban J connectivity index is 2.74. The van der Waals surface area contributed by atoms with Crippen molar-refractivity contribution in [3.63, 3.8) is 0 Å². The molecule has 2 rings (SSSR count). The van der Waals surface area contributed by atoms with Gasteiger partial charge in [-0.3, -0.25) is 0 Å². The molecule has 0 atom stereocenters. The number of halogens is 1. The maximum absolute atomic E-state index is 12.7. The average Bonchev–Trinajstić information content (AvgIpc) is 2.54. The zero-order valence-corrected chi connectivity index (χ0v) is 8.51. The van der Waals surface area contributed by atoms with Crippen molar-refractivity contribution in [2.75, 3.05) is 0 Å². The third-order valence-electron chi connectivity index (χ3n) is 2.09. The van der Waals surface area contributed by atoms with Gasteiger partial charge >= 0.3 is 0 Å². The van der Waals surface area contributed by atoms with Crippen LogP contribution in [-0.2, 0) is 6.54 Å². The number of hydrogen-bond acceptors (Lipinski definition) is 3. The third kappa shape index (κ3) is 1.38. The van der Waals surface area contributed by atoms with Crippen LogP contribution in [0, 0.1) is 6.92 Å². The Labute approximate surface area is 85.5 Å². The summed E-state index contributed by atoms with van der Waals surface area (Å²) in [7, 11) is 0. The minimum absolute atomic E-state index is 0.139. The maximum Gasteiger partial charge on any atom is 0.171 e. The molecule has 0 saturated heterocycles. The van der Waals surface area contributed by atoms with Crippen molar-refractivity contribution < 1.29 is 3.89 Å². The second kappa shape index (κ2) is 3.59. The summed E-state index contributed by atoms with van der Waals surface area (Å²) in [6, 6.07) is 5.72. The molecular weight excluding hydrogens is 201 g/mol. The summed E-state index contributed by atoms with van der Waals surface area (Å²) < 4.78 is 14.1. The lowest BCUT2D eigenvalue weighted by Crippen LogP contribution is -2.02. The van der Waals surface area contributed by atoms with Gasteiger partial charge in [0.25, 0.3) is 0 Å². The minimum Gasteiger partial charge on any atom is -0.324 e. The molecule has 0 spiro atoms. The van der Waals surface area contributed by atoms with Gasteiger partial charge in [-0.1, -0.05) is 6.07 Å². The fraction of sp³-hybridized carbons (Fsp3) is 0.222. The van der Waals surface area contributed by atoms with Gasteiger partial charge in [-0.2, -0.15) is 0 Å². The van der Waals surface area contributed by atoms with E-state index in [4.69, 9.17) is 5.73 Å². The first-order valence-corrected chi connectivity index (χ1v) is 4.90. The quantitative estimate of drug-likeness (QED) is 0.828. The fourth-order valence-corrected chi connectivity index (χ4v) is 1.84. The fourth-order valence-electron chi connectivity index (χ4n) is 1.42. The van der Waals surface area contributed by atoms with E-state index in [0.29, 0.717) is 5.82 Å². The van der Waals surface area contributed by atoms with Crippen molar-refractivity contribution >= 4 is 23.4 Å². The highest BCUT2D eigenvalue weighted by Gasteiger charge is 2.09. The van der Waals surface area contributed by atoms with Crippen LogP contribution in [0.2, 0.25) is 0 Å². The first kappa shape index (κ1) is 9.48. The van der Waals surface area contributed by atoms with Gasteiger partial charge < -0.3 is 5.73 Å². The highest BCUT2D eigenvalue weighted by atomic mass is 32.2. The van der Waals surface area contributed by atoms with Gasteiger partial charge in [-0.25, -0.2) is 8.96 Å². The number of aryl methyl sites for hydroxylation is 1. The largest absolute Gasteiger partial charge is 0.324 e. The Morgan fingerprint density at radius 2 is 2.36 bits per heavy atom. The van der Waals surface area contributed by atoms with Gasteiger partial charge in [0.05, 0.1) is 17.6 Å². The molecule has 0 amide bonds. The standard InChI is InChI=1S/C9H10FN3S/c1-6-2-3-7-8(4-6)13(14-10)9(5-11)12-7/h2-4H,5,11H2,1H3. The molecule has 5 heteroatoms. The molecular formula is C9H10FN3S. The van der Waals surface area contributed by atoms with Gasteiger partial charge in [-0.05, 0) is 24.6 Å². The SMILES string of the molecule is Cc1ccc2nc(CN)n(SF)c2c1. The van der Waals surface area contributed by atoms with Crippen molar-refractivity contribution in [3.05, 3.63) is 29.6 Å². The van der Waals surface area contributed by atoms with E-state index >= 15 is 0 Å². The molecule has 1 aromatic heterocycles. The number of rotatable bonds is 2. The van der Waals surface area contributed by atoms with E-state index in [9.17, 15) is 3.89 Å². The lowest BCUT2D eigenvalue weighted by molar-refractivity contribution is 0.880. The van der Waals surface area contributed by atoms with Crippen LogP contribution in [0.3, 0.4) is 0 Å². The van der Waals surface area contributed by atoms with Crippen molar-refractivity contribution in [2.45, 2.75) is 13.5 Å². The summed E-state index contributed by atoms with van der Waals surface area (Å²) in [5.74, 6) is 0.554. The van der Waals surface area contributed by atoms with Crippen molar-refractivity contribution in [1.82, 2.24) is 8.96 Å². The zero-order chi connectivity index (χ0) is 10.1. The van der Waals surface area contributed by atoms with E-state index in [1.807, 2.05) is 25.1 Å². The van der Waals surface area contributed by atoms with Gasteiger partial charge in [0, 0.05) is 0 Å². The van der Waals surface area contributed by atoms with Crippen molar-refractivity contribution in [1.29, 1.82) is 0 Å². The van der Waals surface area contributed by atoms with Crippen LogP contribution in [0.5, 0.6) is 0 Å². The number of fused-ring (bicyclic) bond motifs is 1. The normalized spacial score (nSPS) is 11.1. The number of nitrogens with two attached hydrogens (primary N) is 1. The van der Waals surface area contributed by atoms with E-state index in [0.717, 1.165) is 16.6 Å². The average molecular weight is 211 g/mol. The van der Waals surface area contributed by atoms with Crippen molar-refractivity contribution in [2.24, 2.45) is 5.73 Å². The number of hydrogen-bond donors (Lipinski definition) is 1. The first-order chi connectivity index (χ1) is 6.76. The second-order valence-electron chi connectivity index (χ2n) is 3.09. The van der Waals surface area contributed by atoms with Gasteiger partial charge in [0.15, 0.2) is 12.3 Å². The van der Waals surface area contributed by atoms with E-state index in [1.165, 1.54) is 3.97 Å². The topological polar surface area (TPSA) is 43.8 Å². The summed E-state index contributed by atoms with van der Waals surface area (Å²) in [4.78, 5) is 4.22. The number of aromatic nitrogens is 2. The van der Waals surface area contributed by atoms with Crippen LogP contribution in [0.15, 0.2) is 18.2 Å². The number of benzene rings is 1. The second-order valence-corrected chi connectivity index (χ2v) is 3.59. The Morgan fingerprint density at radius 3 is 3.00 bits per heavy atom. The van der Waals surface area contributed by atoms with Crippen molar-refractivity contribution in [3.8, 4) is 0 Å². The molecule has 0 bridgehead atoms. The monoisotopic (exact) mass is 211 g/mol. The Bertz CT molecular complexity index is 466. The van der Waals surface area contributed by atoms with Gasteiger partial charge in [0.1, 0.15) is 5.82 Å². The van der Waals surface area contributed by atoms with Crippen LogP contribution in [0.1, 0.15) is 11.4 Å². The van der Waals surface area contributed by atoms with Gasteiger partial charge in [-0.15, -0.1) is 3.89 Å².